The van der Waals surface area contributed by atoms with Crippen LogP contribution in [0.15, 0.2) is 0 Å². The summed E-state index contributed by atoms with van der Waals surface area (Å²) in [6.07, 6.45) is 9.57. The van der Waals surface area contributed by atoms with Gasteiger partial charge in [0, 0.05) is 0 Å². The Morgan fingerprint density at radius 2 is 1.95 bits per heavy atom. The van der Waals surface area contributed by atoms with Gasteiger partial charge in [-0.1, -0.05) is 26.7 Å². The number of hydrogen-bond donors (Lipinski definition) is 1. The Kier molecular flexibility index (Phi) is 3.49. The molecule has 3 aliphatic heterocycles. The third kappa shape index (κ3) is 2.22. The average Bonchev–Trinajstić information content (AvgIpc) is 3.21. The van der Waals surface area contributed by atoms with Crippen molar-refractivity contribution in [3.8, 4) is 0 Å². The predicted octanol–water partition coefficient (Wildman–Crippen LogP) is 2.28. The number of hydrogen-bond acceptors (Lipinski definition) is 3. The highest BCUT2D eigenvalue weighted by atomic mass is 16.5. The van der Waals surface area contributed by atoms with Crippen molar-refractivity contribution >= 4 is 5.91 Å². The zero-order valence-corrected chi connectivity index (χ0v) is 13.3. The van der Waals surface area contributed by atoms with Crippen molar-refractivity contribution in [1.82, 2.24) is 10.2 Å². The van der Waals surface area contributed by atoms with Crippen LogP contribution in [0.25, 0.3) is 0 Å². The van der Waals surface area contributed by atoms with Gasteiger partial charge in [-0.05, 0) is 43.9 Å². The van der Waals surface area contributed by atoms with Crippen LogP contribution in [-0.2, 0) is 9.53 Å². The Bertz CT molecular complexity index is 419. The van der Waals surface area contributed by atoms with Gasteiger partial charge >= 0.3 is 0 Å². The summed E-state index contributed by atoms with van der Waals surface area (Å²) in [6.45, 7) is 4.31. The first-order valence-corrected chi connectivity index (χ1v) is 8.89. The lowest BCUT2D eigenvalue weighted by Crippen LogP contribution is -2.51. The number of carbonyl (C=O) groups excluding carboxylic acids is 1. The van der Waals surface area contributed by atoms with Gasteiger partial charge in [-0.3, -0.25) is 10.1 Å². The zero-order valence-electron chi connectivity index (χ0n) is 13.3. The van der Waals surface area contributed by atoms with Gasteiger partial charge in [0.25, 0.3) is 0 Å². The lowest BCUT2D eigenvalue weighted by molar-refractivity contribution is -0.134. The normalized spacial score (nSPS) is 43.7. The SMILES string of the molecule is CC(C)C1NC(C2CCCC2)N(C2CC3CCC2O3)C1=O. The highest BCUT2D eigenvalue weighted by Crippen LogP contribution is 2.42. The summed E-state index contributed by atoms with van der Waals surface area (Å²) in [5.41, 5.74) is 0. The van der Waals surface area contributed by atoms with E-state index in [1.165, 1.54) is 32.1 Å². The molecule has 1 amide bonds. The van der Waals surface area contributed by atoms with Gasteiger partial charge in [0.15, 0.2) is 0 Å². The average molecular weight is 292 g/mol. The van der Waals surface area contributed by atoms with Crippen LogP contribution in [0, 0.1) is 11.8 Å². The molecule has 0 spiro atoms. The minimum absolute atomic E-state index is 0.00901. The lowest BCUT2D eigenvalue weighted by Gasteiger charge is -2.36. The third-order valence-electron chi connectivity index (χ3n) is 6.11. The number of amides is 1. The minimum atomic E-state index is 0.00901. The molecule has 3 saturated heterocycles. The quantitative estimate of drug-likeness (QED) is 0.867. The lowest BCUT2D eigenvalue weighted by atomic mass is 9.92. The Labute approximate surface area is 127 Å². The maximum absolute atomic E-state index is 13.0. The van der Waals surface area contributed by atoms with E-state index in [2.05, 4.69) is 24.1 Å². The van der Waals surface area contributed by atoms with Crippen LogP contribution in [0.2, 0.25) is 0 Å². The fourth-order valence-corrected chi connectivity index (χ4v) is 5.02. The van der Waals surface area contributed by atoms with E-state index < -0.39 is 0 Å². The molecule has 2 bridgehead atoms. The van der Waals surface area contributed by atoms with Crippen molar-refractivity contribution < 1.29 is 9.53 Å². The monoisotopic (exact) mass is 292 g/mol. The number of carbonyl (C=O) groups is 1. The Morgan fingerprint density at radius 1 is 1.19 bits per heavy atom. The van der Waals surface area contributed by atoms with Crippen LogP contribution in [0.5, 0.6) is 0 Å². The first-order chi connectivity index (χ1) is 10.1. The predicted molar refractivity (Wildman–Crippen MR) is 80.7 cm³/mol. The Balaban J connectivity index is 1.59. The first-order valence-electron chi connectivity index (χ1n) is 8.89. The molecular formula is C17H28N2O2. The smallest absolute Gasteiger partial charge is 0.241 e. The molecule has 3 heterocycles. The van der Waals surface area contributed by atoms with Crippen molar-refractivity contribution in [2.45, 2.75) is 89.3 Å². The zero-order chi connectivity index (χ0) is 14.6. The summed E-state index contributed by atoms with van der Waals surface area (Å²) in [6, 6.07) is 0.341. The largest absolute Gasteiger partial charge is 0.373 e. The molecule has 5 atom stereocenters. The molecule has 1 aliphatic carbocycles. The molecule has 4 nitrogen and oxygen atoms in total. The second-order valence-corrected chi connectivity index (χ2v) is 7.80. The molecule has 0 aromatic rings. The van der Waals surface area contributed by atoms with Gasteiger partial charge in [-0.2, -0.15) is 0 Å². The molecule has 21 heavy (non-hydrogen) atoms. The number of fused-ring (bicyclic) bond motifs is 2. The van der Waals surface area contributed by atoms with Crippen LogP contribution in [0.4, 0.5) is 0 Å². The van der Waals surface area contributed by atoms with Crippen LogP contribution < -0.4 is 5.32 Å². The van der Waals surface area contributed by atoms with E-state index in [1.807, 2.05) is 0 Å². The molecule has 0 radical (unpaired) electrons. The molecule has 1 saturated carbocycles. The molecule has 4 rings (SSSR count). The van der Waals surface area contributed by atoms with Gasteiger partial charge in [-0.25, -0.2) is 0 Å². The minimum Gasteiger partial charge on any atom is -0.373 e. The summed E-state index contributed by atoms with van der Waals surface area (Å²) in [7, 11) is 0. The van der Waals surface area contributed by atoms with Crippen LogP contribution in [0.3, 0.4) is 0 Å². The van der Waals surface area contributed by atoms with E-state index in [9.17, 15) is 4.79 Å². The maximum Gasteiger partial charge on any atom is 0.241 e. The third-order valence-corrected chi connectivity index (χ3v) is 6.11. The van der Waals surface area contributed by atoms with E-state index in [1.54, 1.807) is 0 Å². The summed E-state index contributed by atoms with van der Waals surface area (Å²) in [5, 5.41) is 3.69. The van der Waals surface area contributed by atoms with E-state index in [4.69, 9.17) is 4.74 Å². The highest BCUT2D eigenvalue weighted by Gasteiger charge is 2.53. The molecule has 118 valence electrons. The fraction of sp³-hybridized carbons (Fsp3) is 0.941. The standard InChI is InChI=1S/C17H28N2O2/c1-10(2)15-17(20)19(13-9-12-7-8-14(13)21-12)16(18-15)11-5-3-4-6-11/h10-16,18H,3-9H2,1-2H3. The summed E-state index contributed by atoms with van der Waals surface area (Å²) < 4.78 is 6.03. The van der Waals surface area contributed by atoms with Gasteiger partial charge < -0.3 is 9.64 Å². The molecule has 1 N–H and O–H groups in total. The van der Waals surface area contributed by atoms with Crippen molar-refractivity contribution in [3.63, 3.8) is 0 Å². The molecule has 0 aromatic carbocycles. The number of nitrogens with zero attached hydrogens (tertiary/aromatic N) is 1. The Hall–Kier alpha value is -0.610. The van der Waals surface area contributed by atoms with Gasteiger partial charge in [0.05, 0.1) is 30.5 Å². The van der Waals surface area contributed by atoms with Crippen molar-refractivity contribution in [2.75, 3.05) is 0 Å². The fourth-order valence-electron chi connectivity index (χ4n) is 5.02. The maximum atomic E-state index is 13.0. The Morgan fingerprint density at radius 3 is 2.52 bits per heavy atom. The van der Waals surface area contributed by atoms with Gasteiger partial charge in [-0.15, -0.1) is 0 Å². The summed E-state index contributed by atoms with van der Waals surface area (Å²) in [4.78, 5) is 15.2. The van der Waals surface area contributed by atoms with E-state index in [0.717, 1.165) is 12.8 Å². The molecule has 0 aromatic heterocycles. The molecule has 4 fully saturated rings. The molecule has 4 heteroatoms. The van der Waals surface area contributed by atoms with Gasteiger partial charge in [0.1, 0.15) is 0 Å². The topological polar surface area (TPSA) is 41.6 Å². The highest BCUT2D eigenvalue weighted by molar-refractivity contribution is 5.85. The number of rotatable bonds is 3. The van der Waals surface area contributed by atoms with Crippen molar-refractivity contribution in [1.29, 1.82) is 0 Å². The van der Waals surface area contributed by atoms with Crippen LogP contribution in [0.1, 0.15) is 58.8 Å². The summed E-state index contributed by atoms with van der Waals surface area (Å²) >= 11 is 0. The second kappa shape index (κ2) is 5.24. The van der Waals surface area contributed by atoms with E-state index >= 15 is 0 Å². The van der Waals surface area contributed by atoms with Crippen LogP contribution >= 0.6 is 0 Å². The summed E-state index contributed by atoms with van der Waals surface area (Å²) in [5.74, 6) is 1.35. The number of ether oxygens (including phenoxy) is 1. The van der Waals surface area contributed by atoms with E-state index in [0.29, 0.717) is 36.0 Å². The first kappa shape index (κ1) is 14.0. The van der Waals surface area contributed by atoms with Crippen molar-refractivity contribution in [3.05, 3.63) is 0 Å². The second-order valence-electron chi connectivity index (χ2n) is 7.80. The molecule has 4 aliphatic rings. The van der Waals surface area contributed by atoms with Crippen LogP contribution in [-0.4, -0.2) is 41.3 Å². The van der Waals surface area contributed by atoms with E-state index in [-0.39, 0.29) is 12.2 Å². The molecule has 5 unspecified atom stereocenters. The number of nitrogens with one attached hydrogen (secondary N) is 1. The van der Waals surface area contributed by atoms with Crippen molar-refractivity contribution in [2.24, 2.45) is 11.8 Å². The molecular weight excluding hydrogens is 264 g/mol. The van der Waals surface area contributed by atoms with Gasteiger partial charge in [0.2, 0.25) is 5.91 Å².